The molecular weight excluding hydrogens is 311 g/mol. The van der Waals surface area contributed by atoms with Crippen LogP contribution >= 0.6 is 11.6 Å². The number of hydrogen-bond acceptors (Lipinski definition) is 3. The van der Waals surface area contributed by atoms with Gasteiger partial charge in [0.1, 0.15) is 17.1 Å². The lowest BCUT2D eigenvalue weighted by Crippen LogP contribution is -2.08. The molecule has 2 aromatic carbocycles. The van der Waals surface area contributed by atoms with Crippen molar-refractivity contribution in [3.05, 3.63) is 70.5 Å². The van der Waals surface area contributed by atoms with E-state index in [-0.39, 0.29) is 22.2 Å². The molecule has 0 fully saturated rings. The van der Waals surface area contributed by atoms with Crippen molar-refractivity contribution in [3.8, 4) is 5.75 Å². The second-order valence-corrected chi connectivity index (χ2v) is 4.69. The minimum absolute atomic E-state index is 0.106. The summed E-state index contributed by atoms with van der Waals surface area (Å²) < 4.78 is 17.7. The third kappa shape index (κ3) is 4.17. The molecule has 0 aliphatic rings. The van der Waals surface area contributed by atoms with Crippen molar-refractivity contribution >= 4 is 29.6 Å². The summed E-state index contributed by atoms with van der Waals surface area (Å²) in [6.45, 7) is 0. The van der Waals surface area contributed by atoms with Crippen molar-refractivity contribution in [1.29, 1.82) is 0 Å². The average molecular weight is 321 g/mol. The minimum atomic E-state index is -1.26. The first-order valence-electron chi connectivity index (χ1n) is 6.14. The maximum Gasteiger partial charge on any atom is 0.339 e. The van der Waals surface area contributed by atoms with E-state index in [2.05, 4.69) is 0 Å². The van der Waals surface area contributed by atoms with Crippen LogP contribution in [0.5, 0.6) is 5.75 Å². The van der Waals surface area contributed by atoms with E-state index in [1.807, 2.05) is 0 Å². The monoisotopic (exact) mass is 320 g/mol. The highest BCUT2D eigenvalue weighted by Gasteiger charge is 2.14. The standard InChI is InChI=1S/C16H10ClFO4/c17-11-4-7-14(13(9-11)16(20)21)22-15(19)8-3-10-1-5-12(18)6-2-10/h1-9H,(H,20,21)/b8-3+. The summed E-state index contributed by atoms with van der Waals surface area (Å²) in [5.74, 6) is -2.50. The number of esters is 1. The maximum atomic E-state index is 12.7. The van der Waals surface area contributed by atoms with Crippen LogP contribution in [0.1, 0.15) is 15.9 Å². The lowest BCUT2D eigenvalue weighted by atomic mass is 10.2. The van der Waals surface area contributed by atoms with Gasteiger partial charge in [-0.05, 0) is 42.0 Å². The fourth-order valence-electron chi connectivity index (χ4n) is 1.64. The van der Waals surface area contributed by atoms with Crippen molar-refractivity contribution in [2.24, 2.45) is 0 Å². The van der Waals surface area contributed by atoms with Crippen LogP contribution < -0.4 is 4.74 Å². The van der Waals surface area contributed by atoms with Crippen LogP contribution in [0, 0.1) is 5.82 Å². The zero-order valence-electron chi connectivity index (χ0n) is 11.1. The Morgan fingerprint density at radius 1 is 1.14 bits per heavy atom. The summed E-state index contributed by atoms with van der Waals surface area (Å²) in [6, 6.07) is 9.40. The van der Waals surface area contributed by atoms with Gasteiger partial charge in [-0.1, -0.05) is 23.7 Å². The van der Waals surface area contributed by atoms with E-state index in [1.165, 1.54) is 48.5 Å². The van der Waals surface area contributed by atoms with E-state index in [4.69, 9.17) is 21.4 Å². The zero-order valence-corrected chi connectivity index (χ0v) is 11.9. The van der Waals surface area contributed by atoms with Gasteiger partial charge < -0.3 is 9.84 Å². The van der Waals surface area contributed by atoms with Crippen molar-refractivity contribution < 1.29 is 23.8 Å². The van der Waals surface area contributed by atoms with Crippen LogP contribution in [0.25, 0.3) is 6.08 Å². The molecule has 0 spiro atoms. The molecule has 0 saturated heterocycles. The predicted octanol–water partition coefficient (Wildman–Crippen LogP) is 3.80. The molecular formula is C16H10ClFO4. The molecule has 0 aliphatic carbocycles. The topological polar surface area (TPSA) is 63.6 Å². The Bertz CT molecular complexity index is 738. The van der Waals surface area contributed by atoms with Crippen LogP contribution in [0.4, 0.5) is 4.39 Å². The number of carbonyl (C=O) groups excluding carboxylic acids is 1. The second kappa shape index (κ2) is 6.87. The van der Waals surface area contributed by atoms with E-state index >= 15 is 0 Å². The lowest BCUT2D eigenvalue weighted by Gasteiger charge is -2.05. The summed E-state index contributed by atoms with van der Waals surface area (Å²) in [5.41, 5.74) is 0.393. The van der Waals surface area contributed by atoms with E-state index in [9.17, 15) is 14.0 Å². The molecule has 2 aromatic rings. The Balaban J connectivity index is 2.12. The normalized spacial score (nSPS) is 10.6. The van der Waals surface area contributed by atoms with Crippen LogP contribution in [0.15, 0.2) is 48.5 Å². The van der Waals surface area contributed by atoms with Crippen molar-refractivity contribution in [1.82, 2.24) is 0 Å². The van der Waals surface area contributed by atoms with Gasteiger partial charge in [0, 0.05) is 11.1 Å². The molecule has 0 amide bonds. The number of halogens is 2. The molecule has 0 bridgehead atoms. The number of carboxylic acid groups (broad SMARTS) is 1. The first-order chi connectivity index (χ1) is 10.5. The zero-order chi connectivity index (χ0) is 16.1. The van der Waals surface area contributed by atoms with E-state index in [0.717, 1.165) is 6.08 Å². The highest BCUT2D eigenvalue weighted by atomic mass is 35.5. The van der Waals surface area contributed by atoms with Gasteiger partial charge in [-0.3, -0.25) is 0 Å². The predicted molar refractivity (Wildman–Crippen MR) is 79.5 cm³/mol. The van der Waals surface area contributed by atoms with Gasteiger partial charge >= 0.3 is 11.9 Å². The number of benzene rings is 2. The molecule has 0 radical (unpaired) electrons. The molecule has 1 N–H and O–H groups in total. The number of carbonyl (C=O) groups is 2. The lowest BCUT2D eigenvalue weighted by molar-refractivity contribution is -0.128. The molecule has 2 rings (SSSR count). The Labute approximate surface area is 130 Å². The largest absolute Gasteiger partial charge is 0.478 e. The van der Waals surface area contributed by atoms with Crippen LogP contribution in [0.3, 0.4) is 0 Å². The summed E-state index contributed by atoms with van der Waals surface area (Å²) in [7, 11) is 0. The van der Waals surface area contributed by atoms with Gasteiger partial charge in [0.15, 0.2) is 0 Å². The molecule has 0 aliphatic heterocycles. The van der Waals surface area contributed by atoms with E-state index in [1.54, 1.807) is 0 Å². The van der Waals surface area contributed by atoms with Gasteiger partial charge in [-0.25, -0.2) is 14.0 Å². The number of carboxylic acids is 1. The SMILES string of the molecule is O=C(/C=C/c1ccc(F)cc1)Oc1ccc(Cl)cc1C(=O)O. The molecule has 22 heavy (non-hydrogen) atoms. The Kier molecular flexibility index (Phi) is 4.91. The highest BCUT2D eigenvalue weighted by Crippen LogP contribution is 2.23. The van der Waals surface area contributed by atoms with Crippen molar-refractivity contribution in [2.75, 3.05) is 0 Å². The first kappa shape index (κ1) is 15.7. The quantitative estimate of drug-likeness (QED) is 0.529. The van der Waals surface area contributed by atoms with Crippen LogP contribution in [-0.2, 0) is 4.79 Å². The summed E-state index contributed by atoms with van der Waals surface area (Å²) in [6.07, 6.45) is 2.55. The van der Waals surface area contributed by atoms with E-state index in [0.29, 0.717) is 5.56 Å². The third-order valence-corrected chi connectivity index (χ3v) is 2.90. The highest BCUT2D eigenvalue weighted by molar-refractivity contribution is 6.31. The molecule has 0 heterocycles. The molecule has 0 aromatic heterocycles. The molecule has 0 saturated carbocycles. The number of aromatic carboxylic acids is 1. The molecule has 112 valence electrons. The first-order valence-corrected chi connectivity index (χ1v) is 6.52. The van der Waals surface area contributed by atoms with Gasteiger partial charge in [0.25, 0.3) is 0 Å². The Morgan fingerprint density at radius 2 is 1.82 bits per heavy atom. The Hall–Kier alpha value is -2.66. The summed E-state index contributed by atoms with van der Waals surface area (Å²) >= 11 is 5.70. The minimum Gasteiger partial charge on any atom is -0.478 e. The van der Waals surface area contributed by atoms with Crippen LogP contribution in [-0.4, -0.2) is 17.0 Å². The third-order valence-electron chi connectivity index (χ3n) is 2.66. The van der Waals surface area contributed by atoms with Gasteiger partial charge in [0.2, 0.25) is 0 Å². The smallest absolute Gasteiger partial charge is 0.339 e. The molecule has 6 heteroatoms. The fraction of sp³-hybridized carbons (Fsp3) is 0. The van der Waals surface area contributed by atoms with Gasteiger partial charge in [-0.15, -0.1) is 0 Å². The number of hydrogen-bond donors (Lipinski definition) is 1. The summed E-state index contributed by atoms with van der Waals surface area (Å²) in [4.78, 5) is 22.8. The number of rotatable bonds is 4. The second-order valence-electron chi connectivity index (χ2n) is 4.25. The van der Waals surface area contributed by atoms with Crippen LogP contribution in [0.2, 0.25) is 5.02 Å². The van der Waals surface area contributed by atoms with Gasteiger partial charge in [0.05, 0.1) is 0 Å². The summed E-state index contributed by atoms with van der Waals surface area (Å²) in [5, 5.41) is 9.25. The molecule has 4 nitrogen and oxygen atoms in total. The Morgan fingerprint density at radius 3 is 2.45 bits per heavy atom. The van der Waals surface area contributed by atoms with Crippen molar-refractivity contribution in [2.45, 2.75) is 0 Å². The van der Waals surface area contributed by atoms with E-state index < -0.39 is 11.9 Å². The van der Waals surface area contributed by atoms with Gasteiger partial charge in [-0.2, -0.15) is 0 Å². The fourth-order valence-corrected chi connectivity index (χ4v) is 1.81. The average Bonchev–Trinajstić information content (AvgIpc) is 2.48. The molecule has 0 atom stereocenters. The number of ether oxygens (including phenoxy) is 1. The maximum absolute atomic E-state index is 12.7. The van der Waals surface area contributed by atoms with Crippen molar-refractivity contribution in [3.63, 3.8) is 0 Å². The molecule has 0 unspecified atom stereocenters.